The third-order valence-corrected chi connectivity index (χ3v) is 3.88. The van der Waals surface area contributed by atoms with Crippen LogP contribution in [0.4, 0.5) is 0 Å². The maximum atomic E-state index is 3.60. The van der Waals surface area contributed by atoms with Crippen LogP contribution in [0.15, 0.2) is 30.3 Å². The van der Waals surface area contributed by atoms with Crippen LogP contribution in [0.2, 0.25) is 0 Å². The van der Waals surface area contributed by atoms with Gasteiger partial charge in [-0.15, -0.1) is 0 Å². The molecule has 106 valence electrons. The fourth-order valence-corrected chi connectivity index (χ4v) is 2.92. The first-order valence-electron chi connectivity index (χ1n) is 7.63. The second-order valence-corrected chi connectivity index (χ2v) is 6.59. The third-order valence-electron chi connectivity index (χ3n) is 3.88. The number of likely N-dealkylation sites (tertiary alicyclic amines) is 1. The van der Waals surface area contributed by atoms with Crippen molar-refractivity contribution in [3.8, 4) is 0 Å². The molecule has 0 amide bonds. The minimum absolute atomic E-state index is 0.353. The number of nitrogens with zero attached hydrogens (tertiary/aromatic N) is 1. The third kappa shape index (κ3) is 5.33. The van der Waals surface area contributed by atoms with E-state index in [1.165, 1.54) is 44.5 Å². The van der Waals surface area contributed by atoms with Crippen LogP contribution in [0.25, 0.3) is 0 Å². The Hall–Kier alpha value is -0.860. The van der Waals surface area contributed by atoms with Gasteiger partial charge in [0.25, 0.3) is 0 Å². The van der Waals surface area contributed by atoms with Crippen LogP contribution in [-0.4, -0.2) is 31.1 Å². The van der Waals surface area contributed by atoms with E-state index < -0.39 is 0 Å². The van der Waals surface area contributed by atoms with Gasteiger partial charge >= 0.3 is 0 Å². The van der Waals surface area contributed by atoms with E-state index in [2.05, 4.69) is 54.4 Å². The molecule has 1 N–H and O–H groups in total. The summed E-state index contributed by atoms with van der Waals surface area (Å²) in [4.78, 5) is 2.63. The van der Waals surface area contributed by atoms with Gasteiger partial charge in [0.15, 0.2) is 0 Å². The Balaban J connectivity index is 1.71. The van der Waals surface area contributed by atoms with Crippen molar-refractivity contribution in [1.29, 1.82) is 0 Å². The van der Waals surface area contributed by atoms with Crippen molar-refractivity contribution in [2.24, 2.45) is 5.41 Å². The van der Waals surface area contributed by atoms with E-state index in [4.69, 9.17) is 0 Å². The fourth-order valence-electron chi connectivity index (χ4n) is 2.92. The number of hydrogen-bond acceptors (Lipinski definition) is 2. The molecule has 0 unspecified atom stereocenters. The summed E-state index contributed by atoms with van der Waals surface area (Å²) in [6.07, 6.45) is 4.18. The first-order chi connectivity index (χ1) is 9.16. The van der Waals surface area contributed by atoms with E-state index in [0.717, 1.165) is 13.1 Å². The summed E-state index contributed by atoms with van der Waals surface area (Å²) in [6, 6.07) is 10.7. The molecule has 2 nitrogen and oxygen atoms in total. The Morgan fingerprint density at radius 1 is 1.05 bits per heavy atom. The predicted octanol–water partition coefficient (Wildman–Crippen LogP) is 3.29. The lowest BCUT2D eigenvalue weighted by molar-refractivity contribution is 0.150. The summed E-state index contributed by atoms with van der Waals surface area (Å²) in [5.74, 6) is 0. The lowest BCUT2D eigenvalue weighted by Crippen LogP contribution is -2.42. The van der Waals surface area contributed by atoms with Crippen LogP contribution in [0.5, 0.6) is 0 Å². The normalized spacial score (nSPS) is 17.6. The number of nitrogens with one attached hydrogen (secondary N) is 1. The molecule has 1 heterocycles. The van der Waals surface area contributed by atoms with Crippen molar-refractivity contribution < 1.29 is 0 Å². The minimum Gasteiger partial charge on any atom is -0.312 e. The van der Waals surface area contributed by atoms with E-state index in [1.54, 1.807) is 0 Å². The molecule has 1 aliphatic rings. The average molecular weight is 260 g/mol. The fraction of sp³-hybridized carbons (Fsp3) is 0.647. The van der Waals surface area contributed by atoms with Crippen molar-refractivity contribution >= 4 is 0 Å². The summed E-state index contributed by atoms with van der Waals surface area (Å²) in [6.45, 7) is 10.6. The van der Waals surface area contributed by atoms with Crippen LogP contribution >= 0.6 is 0 Å². The highest BCUT2D eigenvalue weighted by molar-refractivity contribution is 5.14. The molecule has 1 fully saturated rings. The largest absolute Gasteiger partial charge is 0.312 e. The highest BCUT2D eigenvalue weighted by atomic mass is 15.1. The van der Waals surface area contributed by atoms with Gasteiger partial charge in [0.2, 0.25) is 0 Å². The van der Waals surface area contributed by atoms with Crippen LogP contribution in [0, 0.1) is 5.41 Å². The van der Waals surface area contributed by atoms with Gasteiger partial charge < -0.3 is 10.2 Å². The van der Waals surface area contributed by atoms with Gasteiger partial charge in [-0.2, -0.15) is 0 Å². The molecular weight excluding hydrogens is 232 g/mol. The zero-order valence-electron chi connectivity index (χ0n) is 12.5. The zero-order chi connectivity index (χ0) is 13.6. The van der Waals surface area contributed by atoms with Gasteiger partial charge in [-0.05, 0) is 36.9 Å². The molecule has 0 aromatic heterocycles. The Morgan fingerprint density at radius 3 is 2.42 bits per heavy atom. The summed E-state index contributed by atoms with van der Waals surface area (Å²) in [5.41, 5.74) is 1.72. The van der Waals surface area contributed by atoms with Crippen molar-refractivity contribution in [2.45, 2.75) is 39.7 Å². The second-order valence-electron chi connectivity index (χ2n) is 6.59. The van der Waals surface area contributed by atoms with Gasteiger partial charge in [0.05, 0.1) is 0 Å². The van der Waals surface area contributed by atoms with Crippen LogP contribution < -0.4 is 5.32 Å². The predicted molar refractivity (Wildman–Crippen MR) is 82.2 cm³/mol. The maximum Gasteiger partial charge on any atom is 0.0205 e. The monoisotopic (exact) mass is 260 g/mol. The number of rotatable bonds is 6. The van der Waals surface area contributed by atoms with Crippen LogP contribution in [0.3, 0.4) is 0 Å². The highest BCUT2D eigenvalue weighted by Crippen LogP contribution is 2.19. The van der Waals surface area contributed by atoms with Gasteiger partial charge in [-0.25, -0.2) is 0 Å². The van der Waals surface area contributed by atoms with Crippen molar-refractivity contribution in [1.82, 2.24) is 10.2 Å². The molecule has 0 aliphatic carbocycles. The SMILES string of the molecule is CC(C)(CNCc1ccccc1)CN1CCCCC1. The smallest absolute Gasteiger partial charge is 0.0205 e. The molecule has 1 aromatic rings. The molecule has 1 aromatic carbocycles. The van der Waals surface area contributed by atoms with Gasteiger partial charge in [0.1, 0.15) is 0 Å². The standard InChI is InChI=1S/C17H28N2/c1-17(2,15-19-11-7-4-8-12-19)14-18-13-16-9-5-3-6-10-16/h3,5-6,9-10,18H,4,7-8,11-15H2,1-2H3. The molecule has 0 bridgehead atoms. The zero-order valence-corrected chi connectivity index (χ0v) is 12.5. The lowest BCUT2D eigenvalue weighted by Gasteiger charge is -2.35. The average Bonchev–Trinajstić information content (AvgIpc) is 2.40. The molecular formula is C17H28N2. The topological polar surface area (TPSA) is 15.3 Å². The van der Waals surface area contributed by atoms with Crippen molar-refractivity contribution in [2.75, 3.05) is 26.2 Å². The first-order valence-corrected chi connectivity index (χ1v) is 7.63. The molecule has 0 spiro atoms. The molecule has 1 saturated heterocycles. The molecule has 0 radical (unpaired) electrons. The molecule has 2 rings (SSSR count). The van der Waals surface area contributed by atoms with E-state index in [1.807, 2.05) is 0 Å². The number of piperidine rings is 1. The van der Waals surface area contributed by atoms with Crippen molar-refractivity contribution in [3.63, 3.8) is 0 Å². The van der Waals surface area contributed by atoms with Crippen molar-refractivity contribution in [3.05, 3.63) is 35.9 Å². The van der Waals surface area contributed by atoms with Gasteiger partial charge in [0, 0.05) is 19.6 Å². The van der Waals surface area contributed by atoms with Crippen LogP contribution in [0.1, 0.15) is 38.7 Å². The lowest BCUT2D eigenvalue weighted by atomic mass is 9.91. The second kappa shape index (κ2) is 7.06. The van der Waals surface area contributed by atoms with E-state index in [-0.39, 0.29) is 0 Å². The highest BCUT2D eigenvalue weighted by Gasteiger charge is 2.22. The molecule has 2 heteroatoms. The van der Waals surface area contributed by atoms with E-state index in [9.17, 15) is 0 Å². The first kappa shape index (κ1) is 14.5. The minimum atomic E-state index is 0.353. The number of hydrogen-bond donors (Lipinski definition) is 1. The Bertz CT molecular complexity index is 353. The molecule has 0 atom stereocenters. The summed E-state index contributed by atoms with van der Waals surface area (Å²) >= 11 is 0. The summed E-state index contributed by atoms with van der Waals surface area (Å²) < 4.78 is 0. The van der Waals surface area contributed by atoms with E-state index in [0.29, 0.717) is 5.41 Å². The Kier molecular flexibility index (Phi) is 5.41. The molecule has 0 saturated carbocycles. The Labute approximate surface area is 118 Å². The summed E-state index contributed by atoms with van der Waals surface area (Å²) in [5, 5.41) is 3.60. The summed E-state index contributed by atoms with van der Waals surface area (Å²) in [7, 11) is 0. The quantitative estimate of drug-likeness (QED) is 0.844. The number of benzene rings is 1. The Morgan fingerprint density at radius 2 is 1.74 bits per heavy atom. The van der Waals surface area contributed by atoms with Crippen LogP contribution in [-0.2, 0) is 6.54 Å². The van der Waals surface area contributed by atoms with Gasteiger partial charge in [-0.3, -0.25) is 0 Å². The molecule has 1 aliphatic heterocycles. The van der Waals surface area contributed by atoms with E-state index >= 15 is 0 Å². The maximum absolute atomic E-state index is 3.60. The van der Waals surface area contributed by atoms with Gasteiger partial charge in [-0.1, -0.05) is 50.6 Å². The molecule has 19 heavy (non-hydrogen) atoms.